The van der Waals surface area contributed by atoms with Crippen molar-refractivity contribution in [1.29, 1.82) is 0 Å². The summed E-state index contributed by atoms with van der Waals surface area (Å²) in [5, 5.41) is 10.1. The standard InChI is InChI=1S/C28H23F6N5O6S3/c1-44-13-15-2-4-17(5-3-15)18-6-7-21-22(10-18)46-26(37-21)24(25-39-38-23(45-25)12-36-48(35,42)43)47(40,41)14-16-8-19(27(29,30)31)11-20(9-16)28(32,33)34/h2-11,24,36H,12-14H2,1H3,(H2,35,42,43). The van der Waals surface area contributed by atoms with E-state index in [9.17, 15) is 43.2 Å². The maximum Gasteiger partial charge on any atom is 0.416 e. The molecule has 0 spiro atoms. The molecule has 0 saturated heterocycles. The molecule has 0 aliphatic heterocycles. The van der Waals surface area contributed by atoms with Crippen LogP contribution in [-0.2, 0) is 56.0 Å². The maximum absolute atomic E-state index is 13.9. The van der Waals surface area contributed by atoms with Crippen LogP contribution in [-0.4, -0.2) is 39.1 Å². The van der Waals surface area contributed by atoms with Crippen molar-refractivity contribution in [2.45, 2.75) is 36.5 Å². The van der Waals surface area contributed by atoms with Gasteiger partial charge in [0.2, 0.25) is 11.8 Å². The number of fused-ring (bicyclic) bond motifs is 1. The lowest BCUT2D eigenvalue weighted by Gasteiger charge is -2.16. The molecule has 0 bridgehead atoms. The highest BCUT2D eigenvalue weighted by Crippen LogP contribution is 2.40. The van der Waals surface area contributed by atoms with Crippen LogP contribution in [0.15, 0.2) is 65.1 Å². The molecule has 2 heterocycles. The number of nitrogens with zero attached hydrogens (tertiary/aromatic N) is 3. The Bertz CT molecular complexity index is 2130. The summed E-state index contributed by atoms with van der Waals surface area (Å²) in [5.41, 5.74) is -1.41. The van der Waals surface area contributed by atoms with Crippen molar-refractivity contribution < 1.29 is 52.3 Å². The van der Waals surface area contributed by atoms with Crippen LogP contribution in [0.2, 0.25) is 0 Å². The number of benzene rings is 3. The molecule has 0 saturated carbocycles. The Morgan fingerprint density at radius 2 is 1.50 bits per heavy atom. The minimum Gasteiger partial charge on any atom is -0.422 e. The molecule has 0 radical (unpaired) electrons. The summed E-state index contributed by atoms with van der Waals surface area (Å²) >= 11 is 0.870. The van der Waals surface area contributed by atoms with Gasteiger partial charge in [-0.05, 0) is 52.6 Å². The first-order valence-electron chi connectivity index (χ1n) is 13.4. The number of ether oxygens (including phenoxy) is 1. The zero-order valence-corrected chi connectivity index (χ0v) is 26.8. The van der Waals surface area contributed by atoms with Gasteiger partial charge in [0.05, 0.1) is 40.2 Å². The van der Waals surface area contributed by atoms with E-state index in [1.165, 1.54) is 0 Å². The number of rotatable bonds is 11. The molecule has 11 nitrogen and oxygen atoms in total. The highest BCUT2D eigenvalue weighted by atomic mass is 32.2. The Labute approximate surface area is 272 Å². The van der Waals surface area contributed by atoms with E-state index in [0.717, 1.165) is 28.0 Å². The average molecular weight is 736 g/mol. The van der Waals surface area contributed by atoms with E-state index in [2.05, 4.69) is 15.2 Å². The van der Waals surface area contributed by atoms with Gasteiger partial charge in [0, 0.05) is 7.11 Å². The molecule has 0 aliphatic carbocycles. The lowest BCUT2D eigenvalue weighted by Crippen LogP contribution is -2.30. The molecular weight excluding hydrogens is 713 g/mol. The Hall–Kier alpha value is -3.95. The average Bonchev–Trinajstić information content (AvgIpc) is 3.61. The second-order valence-electron chi connectivity index (χ2n) is 10.4. The third-order valence-electron chi connectivity index (χ3n) is 6.73. The van der Waals surface area contributed by atoms with E-state index in [-0.39, 0.29) is 11.1 Å². The minimum atomic E-state index is -5.22. The van der Waals surface area contributed by atoms with E-state index in [1.807, 2.05) is 29.0 Å². The summed E-state index contributed by atoms with van der Waals surface area (Å²) in [6, 6.07) is 13.0. The van der Waals surface area contributed by atoms with Gasteiger partial charge in [-0.25, -0.2) is 18.5 Å². The lowest BCUT2D eigenvalue weighted by molar-refractivity contribution is -0.143. The zero-order valence-electron chi connectivity index (χ0n) is 24.3. The molecule has 2 aromatic heterocycles. The number of nitrogens with one attached hydrogen (secondary N) is 1. The second-order valence-corrected chi connectivity index (χ2v) is 14.9. The molecule has 256 valence electrons. The number of halogens is 6. The molecule has 1 unspecified atom stereocenters. The Morgan fingerprint density at radius 1 is 0.875 bits per heavy atom. The molecule has 0 aliphatic rings. The van der Waals surface area contributed by atoms with Crippen molar-refractivity contribution in [1.82, 2.24) is 19.9 Å². The molecule has 5 aromatic rings. The monoisotopic (exact) mass is 735 g/mol. The van der Waals surface area contributed by atoms with Crippen molar-refractivity contribution in [3.05, 3.63) is 99.7 Å². The van der Waals surface area contributed by atoms with Crippen LogP contribution >= 0.6 is 11.3 Å². The van der Waals surface area contributed by atoms with Crippen LogP contribution in [0, 0.1) is 0 Å². The fourth-order valence-electron chi connectivity index (χ4n) is 4.63. The largest absolute Gasteiger partial charge is 0.422 e. The Kier molecular flexibility index (Phi) is 9.70. The summed E-state index contributed by atoms with van der Waals surface area (Å²) < 4.78 is 145. The van der Waals surface area contributed by atoms with Crippen molar-refractivity contribution in [3.8, 4) is 11.1 Å². The fourth-order valence-corrected chi connectivity index (χ4v) is 8.08. The number of thiazole rings is 1. The molecule has 3 aromatic carbocycles. The SMILES string of the molecule is COCc1ccc(-c2ccc3nc(C(c4nnc(CNS(N)(=O)=O)o4)S(=O)(=O)Cc4cc(C(F)(F)F)cc(C(F)(F)F)c4)sc3c2)cc1. The summed E-state index contributed by atoms with van der Waals surface area (Å²) in [4.78, 5) is 4.38. The van der Waals surface area contributed by atoms with Gasteiger partial charge in [-0.15, -0.1) is 21.5 Å². The Morgan fingerprint density at radius 3 is 2.08 bits per heavy atom. The fraction of sp³-hybridized carbons (Fsp3) is 0.250. The van der Waals surface area contributed by atoms with Gasteiger partial charge >= 0.3 is 12.4 Å². The number of alkyl halides is 6. The lowest BCUT2D eigenvalue weighted by atomic mass is 10.0. The summed E-state index contributed by atoms with van der Waals surface area (Å²) in [7, 11) is -7.49. The first-order valence-corrected chi connectivity index (χ1v) is 17.5. The summed E-state index contributed by atoms with van der Waals surface area (Å²) in [6.07, 6.45) is -10.4. The summed E-state index contributed by atoms with van der Waals surface area (Å²) in [6.45, 7) is -0.242. The molecular formula is C28H23F6N5O6S3. The van der Waals surface area contributed by atoms with Crippen LogP contribution in [0.1, 0.15) is 44.3 Å². The van der Waals surface area contributed by atoms with Crippen molar-refractivity contribution in [3.63, 3.8) is 0 Å². The van der Waals surface area contributed by atoms with Gasteiger partial charge in [0.15, 0.2) is 15.1 Å². The third-order valence-corrected chi connectivity index (χ3v) is 10.4. The second kappa shape index (κ2) is 13.2. The number of aromatic nitrogens is 3. The van der Waals surface area contributed by atoms with Gasteiger partial charge in [0.1, 0.15) is 5.01 Å². The van der Waals surface area contributed by atoms with E-state index in [1.54, 1.807) is 25.3 Å². The zero-order chi connectivity index (χ0) is 35.1. The smallest absolute Gasteiger partial charge is 0.416 e. The van der Waals surface area contributed by atoms with Gasteiger partial charge < -0.3 is 9.15 Å². The van der Waals surface area contributed by atoms with Crippen molar-refractivity contribution in [2.24, 2.45) is 5.14 Å². The minimum absolute atomic E-state index is 0.118. The quantitative estimate of drug-likeness (QED) is 0.166. The molecule has 0 amide bonds. The molecule has 1 atom stereocenters. The van der Waals surface area contributed by atoms with Crippen LogP contribution in [0.3, 0.4) is 0 Å². The van der Waals surface area contributed by atoms with Gasteiger partial charge in [-0.1, -0.05) is 30.3 Å². The van der Waals surface area contributed by atoms with E-state index in [4.69, 9.17) is 14.3 Å². The highest BCUT2D eigenvalue weighted by Gasteiger charge is 2.40. The van der Waals surface area contributed by atoms with E-state index < -0.39 is 78.4 Å². The molecule has 0 fully saturated rings. The number of hydrogen-bond donors (Lipinski definition) is 2. The number of hydrogen-bond acceptors (Lipinski definition) is 10. The van der Waals surface area contributed by atoms with Gasteiger partial charge in [-0.3, -0.25) is 0 Å². The molecule has 20 heteroatoms. The number of methoxy groups -OCH3 is 1. The van der Waals surface area contributed by atoms with Crippen molar-refractivity contribution >= 4 is 41.6 Å². The third kappa shape index (κ3) is 8.36. The predicted molar refractivity (Wildman–Crippen MR) is 161 cm³/mol. The van der Waals surface area contributed by atoms with E-state index >= 15 is 0 Å². The Balaban J connectivity index is 1.59. The molecule has 3 N–H and O–H groups in total. The predicted octanol–water partition coefficient (Wildman–Crippen LogP) is 5.53. The van der Waals surface area contributed by atoms with Crippen LogP contribution in [0.25, 0.3) is 21.3 Å². The van der Waals surface area contributed by atoms with Crippen molar-refractivity contribution in [2.75, 3.05) is 7.11 Å². The topological polar surface area (TPSA) is 167 Å². The summed E-state index contributed by atoms with van der Waals surface area (Å²) in [5.74, 6) is -2.40. The molecule has 5 rings (SSSR count). The van der Waals surface area contributed by atoms with Gasteiger partial charge in [0.25, 0.3) is 10.2 Å². The maximum atomic E-state index is 13.9. The number of nitrogens with two attached hydrogens (primary N) is 1. The van der Waals surface area contributed by atoms with Gasteiger partial charge in [-0.2, -0.15) is 39.5 Å². The van der Waals surface area contributed by atoms with Crippen LogP contribution < -0.4 is 9.86 Å². The molecule has 48 heavy (non-hydrogen) atoms. The first kappa shape index (κ1) is 35.4. The van der Waals surface area contributed by atoms with E-state index in [0.29, 0.717) is 29.0 Å². The highest BCUT2D eigenvalue weighted by molar-refractivity contribution is 7.91. The number of sulfone groups is 1. The normalized spacial score (nSPS) is 13.7. The van der Waals surface area contributed by atoms with Crippen LogP contribution in [0.5, 0.6) is 0 Å². The van der Waals surface area contributed by atoms with Crippen LogP contribution in [0.4, 0.5) is 26.3 Å². The first-order chi connectivity index (χ1) is 22.3.